The second-order valence-electron chi connectivity index (χ2n) is 6.39. The maximum absolute atomic E-state index is 12.5. The molecule has 0 saturated heterocycles. The highest BCUT2D eigenvalue weighted by molar-refractivity contribution is 6.01. The van der Waals surface area contributed by atoms with Crippen LogP contribution >= 0.6 is 0 Å². The minimum absolute atomic E-state index is 0.175. The second kappa shape index (κ2) is 8.00. The molecule has 134 valence electrons. The van der Waals surface area contributed by atoms with E-state index in [2.05, 4.69) is 0 Å². The first kappa shape index (κ1) is 17.9. The van der Waals surface area contributed by atoms with Crippen molar-refractivity contribution in [3.05, 3.63) is 70.8 Å². The number of Topliss-reactive ketones (excluding diaryl/α,β-unsaturated/α-hetero) is 1. The van der Waals surface area contributed by atoms with Gasteiger partial charge in [0.15, 0.2) is 6.10 Å². The summed E-state index contributed by atoms with van der Waals surface area (Å²) in [4.78, 5) is 24.5. The van der Waals surface area contributed by atoms with Crippen LogP contribution in [-0.4, -0.2) is 25.0 Å². The molecule has 0 radical (unpaired) electrons. The van der Waals surface area contributed by atoms with Gasteiger partial charge in [0.2, 0.25) is 5.78 Å². The monoisotopic (exact) mass is 350 g/mol. The molecule has 0 bridgehead atoms. The maximum atomic E-state index is 12.5. The molecule has 26 heavy (non-hydrogen) atoms. The van der Waals surface area contributed by atoms with Crippen LogP contribution in [0.5, 0.6) is 5.75 Å². The molecule has 2 aromatic rings. The molecule has 0 spiro atoms. The van der Waals surface area contributed by atoms with E-state index in [0.717, 1.165) is 30.6 Å². The summed E-state index contributed by atoms with van der Waals surface area (Å²) in [6.45, 7) is 1.61. The summed E-state index contributed by atoms with van der Waals surface area (Å²) in [6, 6.07) is 13.1. The number of fused-ring (bicyclic) bond motifs is 1. The minimum Gasteiger partial charge on any atom is -0.497 e. The molecule has 4 nitrogen and oxygen atoms in total. The fraction of sp³-hybridized carbons (Fsp3) is 0.273. The lowest BCUT2D eigenvalue weighted by Gasteiger charge is -2.12. The summed E-state index contributed by atoms with van der Waals surface area (Å²) in [7, 11) is 1.60. The zero-order chi connectivity index (χ0) is 18.5. The standard InChI is InChI=1S/C22H22O4/c1-15(22(24)19-10-9-17-4-3-5-18(17)14-19)26-21(23)13-8-16-6-11-20(25-2)12-7-16/h6-15H,3-5H2,1-2H3/b13-8+/t15-/m0/s1. The van der Waals surface area contributed by atoms with Crippen molar-refractivity contribution in [2.24, 2.45) is 0 Å². The number of aryl methyl sites for hydroxylation is 2. The van der Waals surface area contributed by atoms with Gasteiger partial charge < -0.3 is 9.47 Å². The Kier molecular flexibility index (Phi) is 5.52. The number of methoxy groups -OCH3 is 1. The SMILES string of the molecule is COc1ccc(/C=C/C(=O)O[C@@H](C)C(=O)c2ccc3c(c2)CCC3)cc1. The zero-order valence-electron chi connectivity index (χ0n) is 15.0. The topological polar surface area (TPSA) is 52.6 Å². The van der Waals surface area contributed by atoms with Gasteiger partial charge in [0, 0.05) is 11.6 Å². The molecule has 1 aliphatic carbocycles. The predicted molar refractivity (Wildman–Crippen MR) is 100 cm³/mol. The van der Waals surface area contributed by atoms with Crippen molar-refractivity contribution in [3.8, 4) is 5.75 Å². The van der Waals surface area contributed by atoms with Gasteiger partial charge in [-0.15, -0.1) is 0 Å². The van der Waals surface area contributed by atoms with Gasteiger partial charge in [-0.05, 0) is 67.2 Å². The molecule has 0 amide bonds. The smallest absolute Gasteiger partial charge is 0.331 e. The summed E-state index contributed by atoms with van der Waals surface area (Å²) >= 11 is 0. The van der Waals surface area contributed by atoms with E-state index in [9.17, 15) is 9.59 Å². The number of hydrogen-bond acceptors (Lipinski definition) is 4. The van der Waals surface area contributed by atoms with Crippen LogP contribution in [0.1, 0.15) is 40.4 Å². The second-order valence-corrected chi connectivity index (χ2v) is 6.39. The summed E-state index contributed by atoms with van der Waals surface area (Å²) in [5.41, 5.74) is 3.99. The third-order valence-corrected chi connectivity index (χ3v) is 4.57. The Morgan fingerprint density at radius 3 is 2.50 bits per heavy atom. The molecular formula is C22H22O4. The van der Waals surface area contributed by atoms with Crippen LogP contribution in [0, 0.1) is 0 Å². The first-order valence-electron chi connectivity index (χ1n) is 8.75. The fourth-order valence-electron chi connectivity index (χ4n) is 3.11. The quantitative estimate of drug-likeness (QED) is 0.449. The van der Waals surface area contributed by atoms with Crippen molar-refractivity contribution in [1.29, 1.82) is 0 Å². The lowest BCUT2D eigenvalue weighted by Crippen LogP contribution is -2.23. The van der Waals surface area contributed by atoms with E-state index in [0.29, 0.717) is 5.56 Å². The average molecular weight is 350 g/mol. The van der Waals surface area contributed by atoms with Gasteiger partial charge in [0.1, 0.15) is 5.75 Å². The average Bonchev–Trinajstić information content (AvgIpc) is 3.13. The summed E-state index contributed by atoms with van der Waals surface area (Å²) in [6.07, 6.45) is 5.37. The van der Waals surface area contributed by atoms with Crippen molar-refractivity contribution in [2.45, 2.75) is 32.3 Å². The Morgan fingerprint density at radius 1 is 1.04 bits per heavy atom. The van der Waals surface area contributed by atoms with E-state index in [1.54, 1.807) is 20.1 Å². The maximum Gasteiger partial charge on any atom is 0.331 e. The van der Waals surface area contributed by atoms with Gasteiger partial charge in [-0.1, -0.05) is 24.3 Å². The Balaban J connectivity index is 1.59. The van der Waals surface area contributed by atoms with Crippen molar-refractivity contribution >= 4 is 17.8 Å². The number of hydrogen-bond donors (Lipinski definition) is 0. The van der Waals surface area contributed by atoms with Crippen LogP contribution in [0.25, 0.3) is 6.08 Å². The van der Waals surface area contributed by atoms with Gasteiger partial charge in [-0.25, -0.2) is 4.79 Å². The normalized spacial score (nSPS) is 14.1. The first-order chi connectivity index (χ1) is 12.6. The van der Waals surface area contributed by atoms with Gasteiger partial charge >= 0.3 is 5.97 Å². The molecule has 0 heterocycles. The summed E-state index contributed by atoms with van der Waals surface area (Å²) < 4.78 is 10.3. The molecule has 0 unspecified atom stereocenters. The van der Waals surface area contributed by atoms with E-state index in [1.165, 1.54) is 17.2 Å². The third kappa shape index (κ3) is 4.20. The lowest BCUT2D eigenvalue weighted by molar-refractivity contribution is -0.140. The van der Waals surface area contributed by atoms with Crippen LogP contribution in [0.2, 0.25) is 0 Å². The van der Waals surface area contributed by atoms with Crippen molar-refractivity contribution in [1.82, 2.24) is 0 Å². The number of carbonyl (C=O) groups excluding carboxylic acids is 2. The number of benzene rings is 2. The number of esters is 1. The Hall–Kier alpha value is -2.88. The van der Waals surface area contributed by atoms with Crippen molar-refractivity contribution < 1.29 is 19.1 Å². The largest absolute Gasteiger partial charge is 0.497 e. The van der Waals surface area contributed by atoms with Gasteiger partial charge in [0.05, 0.1) is 7.11 Å². The van der Waals surface area contributed by atoms with Gasteiger partial charge in [0.25, 0.3) is 0 Å². The highest BCUT2D eigenvalue weighted by Crippen LogP contribution is 2.23. The Morgan fingerprint density at radius 2 is 1.77 bits per heavy atom. The molecular weight excluding hydrogens is 328 g/mol. The van der Waals surface area contributed by atoms with E-state index in [1.807, 2.05) is 42.5 Å². The van der Waals surface area contributed by atoms with Gasteiger partial charge in [-0.2, -0.15) is 0 Å². The summed E-state index contributed by atoms with van der Waals surface area (Å²) in [5.74, 6) is 0.0343. The fourth-order valence-corrected chi connectivity index (χ4v) is 3.11. The minimum atomic E-state index is -0.817. The molecule has 0 aliphatic heterocycles. The molecule has 0 aromatic heterocycles. The van der Waals surface area contributed by atoms with E-state index < -0.39 is 12.1 Å². The molecule has 1 aliphatic rings. The van der Waals surface area contributed by atoms with E-state index in [4.69, 9.17) is 9.47 Å². The van der Waals surface area contributed by atoms with E-state index >= 15 is 0 Å². The number of ether oxygens (including phenoxy) is 2. The molecule has 0 fully saturated rings. The van der Waals surface area contributed by atoms with Crippen LogP contribution in [0.4, 0.5) is 0 Å². The zero-order valence-corrected chi connectivity index (χ0v) is 15.0. The van der Waals surface area contributed by atoms with Gasteiger partial charge in [-0.3, -0.25) is 4.79 Å². The predicted octanol–water partition coefficient (Wildman–Crippen LogP) is 4.01. The lowest BCUT2D eigenvalue weighted by atomic mass is 10.0. The molecule has 3 rings (SSSR count). The first-order valence-corrected chi connectivity index (χ1v) is 8.75. The highest BCUT2D eigenvalue weighted by atomic mass is 16.5. The highest BCUT2D eigenvalue weighted by Gasteiger charge is 2.20. The number of rotatable bonds is 6. The Bertz CT molecular complexity index is 834. The molecule has 0 N–H and O–H groups in total. The summed E-state index contributed by atoms with van der Waals surface area (Å²) in [5, 5.41) is 0. The molecule has 0 saturated carbocycles. The van der Waals surface area contributed by atoms with Crippen LogP contribution in [0.15, 0.2) is 48.5 Å². The number of ketones is 1. The van der Waals surface area contributed by atoms with Crippen LogP contribution in [0.3, 0.4) is 0 Å². The van der Waals surface area contributed by atoms with E-state index in [-0.39, 0.29) is 5.78 Å². The molecule has 1 atom stereocenters. The Labute approximate surface area is 153 Å². The van der Waals surface area contributed by atoms with Crippen molar-refractivity contribution in [2.75, 3.05) is 7.11 Å². The number of carbonyl (C=O) groups is 2. The van der Waals surface area contributed by atoms with Crippen molar-refractivity contribution in [3.63, 3.8) is 0 Å². The van der Waals surface area contributed by atoms with Crippen LogP contribution in [-0.2, 0) is 22.4 Å². The molecule has 2 aromatic carbocycles. The third-order valence-electron chi connectivity index (χ3n) is 4.57. The van der Waals surface area contributed by atoms with Crippen LogP contribution < -0.4 is 4.74 Å². The molecule has 4 heteroatoms.